The van der Waals surface area contributed by atoms with Gasteiger partial charge in [0.1, 0.15) is 5.75 Å². The van der Waals surface area contributed by atoms with Crippen molar-refractivity contribution in [3.05, 3.63) is 24.0 Å². The maximum absolute atomic E-state index is 12.6. The van der Waals surface area contributed by atoms with Gasteiger partial charge in [-0.3, -0.25) is 9.78 Å². The molecule has 0 radical (unpaired) electrons. The zero-order chi connectivity index (χ0) is 15.5. The molecule has 1 heterocycles. The van der Waals surface area contributed by atoms with Crippen LogP contribution in [-0.2, 0) is 0 Å². The topological polar surface area (TPSA) is 39.2 Å². The van der Waals surface area contributed by atoms with Crippen molar-refractivity contribution < 1.29 is 9.53 Å². The second kappa shape index (κ2) is 6.59. The summed E-state index contributed by atoms with van der Waals surface area (Å²) in [6, 6.07) is 1.83. The van der Waals surface area contributed by atoms with E-state index < -0.39 is 0 Å². The van der Waals surface area contributed by atoms with Gasteiger partial charge >= 0.3 is 0 Å². The average molecular weight is 289 g/mol. The lowest BCUT2D eigenvalue weighted by Crippen LogP contribution is -2.28. The Labute approximate surface area is 128 Å². The first-order chi connectivity index (χ1) is 9.91. The van der Waals surface area contributed by atoms with E-state index in [4.69, 9.17) is 4.74 Å². The van der Waals surface area contributed by atoms with Crippen molar-refractivity contribution >= 4 is 5.78 Å². The normalized spacial score (nSPS) is 22.9. The molecule has 0 atom stereocenters. The van der Waals surface area contributed by atoms with E-state index in [-0.39, 0.29) is 11.7 Å². The molecule has 0 aromatic carbocycles. The molecular formula is C18H27NO2. The number of Topliss-reactive ketones (excluding diaryl/α,β-unsaturated/α-hetero) is 1. The third kappa shape index (κ3) is 4.05. The van der Waals surface area contributed by atoms with Crippen molar-refractivity contribution in [2.24, 2.45) is 17.3 Å². The lowest BCUT2D eigenvalue weighted by Gasteiger charge is -2.36. The first kappa shape index (κ1) is 16.0. The summed E-state index contributed by atoms with van der Waals surface area (Å²) in [5.41, 5.74) is 1.05. The number of nitrogens with zero attached hydrogens (tertiary/aromatic N) is 1. The Morgan fingerprint density at radius 2 is 1.90 bits per heavy atom. The molecule has 21 heavy (non-hydrogen) atoms. The number of hydrogen-bond donors (Lipinski definition) is 0. The predicted molar refractivity (Wildman–Crippen MR) is 84.6 cm³/mol. The lowest BCUT2D eigenvalue weighted by molar-refractivity contribution is 0.0818. The highest BCUT2D eigenvalue weighted by Crippen LogP contribution is 2.40. The molecule has 1 fully saturated rings. The fourth-order valence-corrected chi connectivity index (χ4v) is 3.26. The second-order valence-electron chi connectivity index (χ2n) is 7.12. The summed E-state index contributed by atoms with van der Waals surface area (Å²) in [6.07, 6.45) is 7.63. The van der Waals surface area contributed by atoms with Crippen LogP contribution in [-0.4, -0.2) is 17.4 Å². The Morgan fingerprint density at radius 1 is 1.24 bits per heavy atom. The van der Waals surface area contributed by atoms with Crippen LogP contribution in [0.1, 0.15) is 63.7 Å². The summed E-state index contributed by atoms with van der Waals surface area (Å²) in [6.45, 7) is 9.43. The third-order valence-electron chi connectivity index (χ3n) is 4.63. The third-order valence-corrected chi connectivity index (χ3v) is 4.63. The highest BCUT2D eigenvalue weighted by Gasteiger charge is 2.32. The fourth-order valence-electron chi connectivity index (χ4n) is 3.26. The molecule has 1 aromatic rings. The molecule has 0 unspecified atom stereocenters. The minimum atomic E-state index is 0.155. The zero-order valence-corrected chi connectivity index (χ0v) is 13.7. The van der Waals surface area contributed by atoms with E-state index in [1.807, 2.05) is 13.0 Å². The van der Waals surface area contributed by atoms with Gasteiger partial charge in [0.05, 0.1) is 12.8 Å². The van der Waals surface area contributed by atoms with Crippen LogP contribution < -0.4 is 4.74 Å². The van der Waals surface area contributed by atoms with Gasteiger partial charge in [-0.1, -0.05) is 20.8 Å². The van der Waals surface area contributed by atoms with Crippen LogP contribution in [0.25, 0.3) is 0 Å². The van der Waals surface area contributed by atoms with Crippen molar-refractivity contribution in [1.82, 2.24) is 4.98 Å². The predicted octanol–water partition coefficient (Wildman–Crippen LogP) is 4.52. The van der Waals surface area contributed by atoms with Crippen LogP contribution >= 0.6 is 0 Å². The minimum absolute atomic E-state index is 0.155. The van der Waals surface area contributed by atoms with Crippen molar-refractivity contribution in [2.75, 3.05) is 6.61 Å². The molecule has 1 aliphatic carbocycles. The molecule has 1 aromatic heterocycles. The Morgan fingerprint density at radius 3 is 2.48 bits per heavy atom. The monoisotopic (exact) mass is 289 g/mol. The summed E-state index contributed by atoms with van der Waals surface area (Å²) >= 11 is 0. The van der Waals surface area contributed by atoms with Gasteiger partial charge in [0, 0.05) is 17.7 Å². The number of pyridine rings is 1. The van der Waals surface area contributed by atoms with Gasteiger partial charge in [0.15, 0.2) is 5.78 Å². The molecule has 116 valence electrons. The Balaban J connectivity index is 2.00. The molecule has 0 saturated heterocycles. The first-order valence-corrected chi connectivity index (χ1v) is 8.04. The van der Waals surface area contributed by atoms with Gasteiger partial charge in [-0.2, -0.15) is 0 Å². The largest absolute Gasteiger partial charge is 0.492 e. The summed E-state index contributed by atoms with van der Waals surface area (Å²) < 4.78 is 5.43. The van der Waals surface area contributed by atoms with Gasteiger partial charge in [-0.05, 0) is 50.0 Å². The molecule has 3 nitrogen and oxygen atoms in total. The van der Waals surface area contributed by atoms with Gasteiger partial charge in [0.2, 0.25) is 0 Å². The SMILES string of the molecule is CCOc1cncc(C(=O)C2CCC(C(C)(C)C)CC2)c1. The van der Waals surface area contributed by atoms with Crippen LogP contribution in [0.15, 0.2) is 18.5 Å². The molecule has 0 N–H and O–H groups in total. The van der Waals surface area contributed by atoms with E-state index in [2.05, 4.69) is 25.8 Å². The number of rotatable bonds is 4. The lowest BCUT2D eigenvalue weighted by atomic mass is 9.69. The number of carbonyl (C=O) groups excluding carboxylic acids is 1. The molecule has 0 spiro atoms. The van der Waals surface area contributed by atoms with Crippen LogP contribution in [0.4, 0.5) is 0 Å². The van der Waals surface area contributed by atoms with E-state index in [0.717, 1.165) is 31.6 Å². The van der Waals surface area contributed by atoms with Crippen molar-refractivity contribution in [3.8, 4) is 5.75 Å². The Kier molecular flexibility index (Phi) is 5.02. The molecule has 2 rings (SSSR count). The first-order valence-electron chi connectivity index (χ1n) is 8.04. The number of ketones is 1. The maximum atomic E-state index is 12.6. The van der Waals surface area contributed by atoms with Gasteiger partial charge in [0.25, 0.3) is 0 Å². The molecule has 1 aliphatic rings. The molecule has 1 saturated carbocycles. The Bertz CT molecular complexity index is 482. The molecule has 0 aliphatic heterocycles. The smallest absolute Gasteiger partial charge is 0.167 e. The number of hydrogen-bond acceptors (Lipinski definition) is 3. The molecule has 0 bridgehead atoms. The van der Waals surface area contributed by atoms with Crippen molar-refractivity contribution in [2.45, 2.75) is 53.4 Å². The quantitative estimate of drug-likeness (QED) is 0.765. The highest BCUT2D eigenvalue weighted by molar-refractivity contribution is 5.97. The Hall–Kier alpha value is -1.38. The van der Waals surface area contributed by atoms with E-state index in [1.165, 1.54) is 0 Å². The summed E-state index contributed by atoms with van der Waals surface area (Å²) in [5, 5.41) is 0. The van der Waals surface area contributed by atoms with Gasteiger partial charge in [-0.25, -0.2) is 0 Å². The van der Waals surface area contributed by atoms with Crippen LogP contribution in [0.3, 0.4) is 0 Å². The van der Waals surface area contributed by atoms with Crippen LogP contribution in [0.5, 0.6) is 5.75 Å². The van der Waals surface area contributed by atoms with E-state index in [1.54, 1.807) is 12.4 Å². The zero-order valence-electron chi connectivity index (χ0n) is 13.7. The maximum Gasteiger partial charge on any atom is 0.167 e. The fraction of sp³-hybridized carbons (Fsp3) is 0.667. The highest BCUT2D eigenvalue weighted by atomic mass is 16.5. The van der Waals surface area contributed by atoms with E-state index in [0.29, 0.717) is 23.3 Å². The van der Waals surface area contributed by atoms with Crippen molar-refractivity contribution in [3.63, 3.8) is 0 Å². The number of ether oxygens (including phenoxy) is 1. The van der Waals surface area contributed by atoms with Crippen molar-refractivity contribution in [1.29, 1.82) is 0 Å². The molecule has 0 amide bonds. The minimum Gasteiger partial charge on any atom is -0.492 e. The average Bonchev–Trinajstić information content (AvgIpc) is 2.46. The second-order valence-corrected chi connectivity index (χ2v) is 7.12. The number of aromatic nitrogens is 1. The van der Waals surface area contributed by atoms with Crippen LogP contribution in [0, 0.1) is 17.3 Å². The van der Waals surface area contributed by atoms with E-state index >= 15 is 0 Å². The summed E-state index contributed by atoms with van der Waals surface area (Å²) in [4.78, 5) is 16.7. The summed E-state index contributed by atoms with van der Waals surface area (Å²) in [7, 11) is 0. The molecule has 3 heteroatoms. The standard InChI is InChI=1S/C18H27NO2/c1-5-21-16-10-14(11-19-12-16)17(20)13-6-8-15(9-7-13)18(2,3)4/h10-13,15H,5-9H2,1-4H3. The summed E-state index contributed by atoms with van der Waals surface area (Å²) in [5.74, 6) is 1.81. The van der Waals surface area contributed by atoms with Gasteiger partial charge in [-0.15, -0.1) is 0 Å². The van der Waals surface area contributed by atoms with Crippen LogP contribution in [0.2, 0.25) is 0 Å². The van der Waals surface area contributed by atoms with E-state index in [9.17, 15) is 4.79 Å². The molecular weight excluding hydrogens is 262 g/mol. The number of carbonyl (C=O) groups is 1. The van der Waals surface area contributed by atoms with Gasteiger partial charge < -0.3 is 4.74 Å².